The molecule has 0 bridgehead atoms. The van der Waals surface area contributed by atoms with Crippen molar-refractivity contribution in [1.29, 1.82) is 0 Å². The van der Waals surface area contributed by atoms with Gasteiger partial charge >= 0.3 is 6.09 Å². The highest BCUT2D eigenvalue weighted by Gasteiger charge is 2.50. The fraction of sp³-hybridized carbons (Fsp3) is 0.489. The number of methoxy groups -OCH3 is 1. The summed E-state index contributed by atoms with van der Waals surface area (Å²) in [5.74, 6) is 1.81. The molecular formula is C45H55N7O5. The highest BCUT2D eigenvalue weighted by molar-refractivity contribution is 6.05. The summed E-state index contributed by atoms with van der Waals surface area (Å²) in [6.07, 6.45) is 5.81. The van der Waals surface area contributed by atoms with E-state index in [1.165, 1.54) is 7.11 Å². The molecule has 1 spiro atoms. The Morgan fingerprint density at radius 2 is 1.65 bits per heavy atom. The van der Waals surface area contributed by atoms with Crippen molar-refractivity contribution >= 4 is 39.7 Å². The Hall–Kier alpha value is -5.23. The van der Waals surface area contributed by atoms with Crippen LogP contribution in [0.4, 0.5) is 4.79 Å². The third-order valence-electron chi connectivity index (χ3n) is 12.8. The molecule has 3 saturated heterocycles. The fourth-order valence-corrected chi connectivity index (χ4v) is 9.13. The first-order valence-electron chi connectivity index (χ1n) is 20.6. The predicted molar refractivity (Wildman–Crippen MR) is 220 cm³/mol. The van der Waals surface area contributed by atoms with E-state index in [4.69, 9.17) is 19.4 Å². The summed E-state index contributed by atoms with van der Waals surface area (Å²) in [6, 6.07) is 18.1. The van der Waals surface area contributed by atoms with Crippen LogP contribution in [-0.4, -0.2) is 87.1 Å². The van der Waals surface area contributed by atoms with Gasteiger partial charge in [-0.25, -0.2) is 14.8 Å². The number of nitrogens with one attached hydrogen (secondary N) is 3. The number of alkyl carbamates (subject to hydrolysis) is 1. The number of benzene rings is 3. The smallest absolute Gasteiger partial charge is 0.407 e. The van der Waals surface area contributed by atoms with Crippen LogP contribution in [-0.2, 0) is 19.1 Å². The number of rotatable bonds is 9. The summed E-state index contributed by atoms with van der Waals surface area (Å²) in [6.45, 7) is 12.7. The number of carbonyl (C=O) groups excluding carboxylic acids is 3. The largest absolute Gasteiger partial charge is 0.453 e. The second kappa shape index (κ2) is 15.6. The quantitative estimate of drug-likeness (QED) is 0.137. The van der Waals surface area contributed by atoms with Crippen molar-refractivity contribution in [2.75, 3.05) is 33.4 Å². The Bertz CT molecular complexity index is 2270. The molecule has 3 amide bonds. The number of ether oxygens (including phenoxy) is 2. The number of aromatic amines is 2. The molecule has 8 rings (SSSR count). The Balaban J connectivity index is 1.03. The molecule has 0 saturated carbocycles. The zero-order valence-electron chi connectivity index (χ0n) is 33.9. The molecule has 2 aromatic heterocycles. The van der Waals surface area contributed by atoms with E-state index in [1.807, 2.05) is 42.8 Å². The monoisotopic (exact) mass is 773 g/mol. The summed E-state index contributed by atoms with van der Waals surface area (Å²) in [4.78, 5) is 60.6. The van der Waals surface area contributed by atoms with Gasteiger partial charge in [0.15, 0.2) is 0 Å². The molecule has 5 heterocycles. The molecule has 3 aliphatic heterocycles. The number of hydrogen-bond donors (Lipinski definition) is 3. The highest BCUT2D eigenvalue weighted by Crippen LogP contribution is 2.48. The number of fused-ring (bicyclic) bond motifs is 3. The van der Waals surface area contributed by atoms with Gasteiger partial charge in [0.25, 0.3) is 0 Å². The van der Waals surface area contributed by atoms with E-state index in [0.717, 1.165) is 101 Å². The summed E-state index contributed by atoms with van der Waals surface area (Å²) < 4.78 is 10.8. The zero-order valence-corrected chi connectivity index (χ0v) is 33.9. The first kappa shape index (κ1) is 38.6. The first-order chi connectivity index (χ1) is 27.4. The molecule has 3 aliphatic rings. The number of likely N-dealkylation sites (tertiary alicyclic amines) is 2. The number of hydrogen-bond acceptors (Lipinski definition) is 7. The number of carbonyl (C=O) groups is 3. The van der Waals surface area contributed by atoms with Gasteiger partial charge in [-0.3, -0.25) is 9.59 Å². The summed E-state index contributed by atoms with van der Waals surface area (Å²) in [7, 11) is 1.31. The Morgan fingerprint density at radius 1 is 0.877 bits per heavy atom. The van der Waals surface area contributed by atoms with Gasteiger partial charge in [-0.2, -0.15) is 0 Å². The lowest BCUT2D eigenvalue weighted by Gasteiger charge is -2.33. The number of nitrogens with zero attached hydrogens (tertiary/aromatic N) is 4. The average Bonchev–Trinajstić information content (AvgIpc) is 4.05. The third kappa shape index (κ3) is 7.40. The van der Waals surface area contributed by atoms with Crippen LogP contribution in [0.15, 0.2) is 60.8 Å². The van der Waals surface area contributed by atoms with Crippen LogP contribution in [0.2, 0.25) is 0 Å². The van der Waals surface area contributed by atoms with Crippen LogP contribution in [0.25, 0.3) is 44.2 Å². The van der Waals surface area contributed by atoms with Crippen molar-refractivity contribution < 1.29 is 23.9 Å². The van der Waals surface area contributed by atoms with E-state index >= 15 is 0 Å². The van der Waals surface area contributed by atoms with Gasteiger partial charge in [-0.1, -0.05) is 77.1 Å². The lowest BCUT2D eigenvalue weighted by Crippen LogP contribution is -2.51. The maximum absolute atomic E-state index is 14.2. The lowest BCUT2D eigenvalue weighted by molar-refractivity contribution is -0.137. The maximum Gasteiger partial charge on any atom is 0.407 e. The van der Waals surface area contributed by atoms with E-state index in [1.54, 1.807) is 0 Å². The Labute approximate surface area is 334 Å². The molecule has 5 aromatic rings. The van der Waals surface area contributed by atoms with E-state index in [9.17, 15) is 14.4 Å². The number of H-pyrrole nitrogens is 2. The second-order valence-electron chi connectivity index (χ2n) is 17.2. The molecule has 3 N–H and O–H groups in total. The predicted octanol–water partition coefficient (Wildman–Crippen LogP) is 8.18. The van der Waals surface area contributed by atoms with Crippen molar-refractivity contribution in [2.45, 2.75) is 84.8 Å². The van der Waals surface area contributed by atoms with Crippen molar-refractivity contribution in [3.63, 3.8) is 0 Å². The van der Waals surface area contributed by atoms with Crippen molar-refractivity contribution in [1.82, 2.24) is 35.1 Å². The molecule has 57 heavy (non-hydrogen) atoms. The summed E-state index contributed by atoms with van der Waals surface area (Å²) in [5, 5.41) is 4.91. The summed E-state index contributed by atoms with van der Waals surface area (Å²) in [5.41, 5.74) is 5.78. The standard InChI is InChI=1S/C45H55N7O5/c1-26(2)28(5)42(53)51-19-7-9-36(51)40-46-23-35(48-40)30-12-10-29(11-13-30)31-14-16-33-32(21-31)15-17-34-39(33)49-41(47-34)37-22-45(18-8-20-57-25-45)24-52(37)43(54)38(27(3)4)50-44(55)56-6/h10-17,21,23,26-28,36-38H,7-9,18-20,22,24-25H2,1-6H3,(H,46,48)(H,47,49)(H,50,55)/t28-,36-,37-,38-,45-/m0/s1. The van der Waals surface area contributed by atoms with Gasteiger partial charge in [0, 0.05) is 36.4 Å². The highest BCUT2D eigenvalue weighted by atomic mass is 16.5. The van der Waals surface area contributed by atoms with Crippen LogP contribution in [0.5, 0.6) is 0 Å². The van der Waals surface area contributed by atoms with E-state index in [0.29, 0.717) is 19.1 Å². The molecule has 0 aliphatic carbocycles. The van der Waals surface area contributed by atoms with E-state index in [-0.39, 0.29) is 41.1 Å². The number of aromatic nitrogens is 4. The maximum atomic E-state index is 14.2. The molecule has 3 aromatic carbocycles. The molecule has 0 unspecified atom stereocenters. The first-order valence-corrected chi connectivity index (χ1v) is 20.6. The molecule has 300 valence electrons. The normalized spacial score (nSPS) is 22.2. The van der Waals surface area contributed by atoms with Gasteiger partial charge in [0.2, 0.25) is 11.8 Å². The number of amides is 3. The SMILES string of the molecule is COC(=O)N[C@H](C(=O)N1C[C@]2(CCCOC2)C[C@H]1c1nc2ccc3cc(-c4ccc(-c5cnc([C@@H]6CCCN6C(=O)[C@@H](C)C(C)C)[nH]5)cc4)ccc3c2[nH]1)C(C)C. The minimum atomic E-state index is -0.729. The molecule has 12 heteroatoms. The van der Waals surface area contributed by atoms with Gasteiger partial charge in [-0.15, -0.1) is 0 Å². The molecule has 3 fully saturated rings. The minimum Gasteiger partial charge on any atom is -0.453 e. The zero-order chi connectivity index (χ0) is 40.0. The lowest BCUT2D eigenvalue weighted by atomic mass is 9.80. The van der Waals surface area contributed by atoms with Gasteiger partial charge < -0.3 is 34.6 Å². The Morgan fingerprint density at radius 3 is 2.37 bits per heavy atom. The third-order valence-corrected chi connectivity index (χ3v) is 12.8. The van der Waals surface area contributed by atoms with Gasteiger partial charge in [0.05, 0.1) is 48.7 Å². The van der Waals surface area contributed by atoms with Crippen LogP contribution < -0.4 is 5.32 Å². The van der Waals surface area contributed by atoms with Gasteiger partial charge in [0.1, 0.15) is 17.7 Å². The van der Waals surface area contributed by atoms with Crippen LogP contribution in [0.3, 0.4) is 0 Å². The topological polar surface area (TPSA) is 146 Å². The molecule has 0 radical (unpaired) electrons. The molecule has 12 nitrogen and oxygen atoms in total. The minimum absolute atomic E-state index is 0.0162. The second-order valence-corrected chi connectivity index (χ2v) is 17.2. The number of imidazole rings is 2. The fourth-order valence-electron chi connectivity index (χ4n) is 9.13. The van der Waals surface area contributed by atoms with Crippen LogP contribution in [0, 0.1) is 23.2 Å². The van der Waals surface area contributed by atoms with Crippen molar-refractivity contribution in [2.24, 2.45) is 23.2 Å². The van der Waals surface area contributed by atoms with E-state index < -0.39 is 12.1 Å². The average molecular weight is 774 g/mol. The summed E-state index contributed by atoms with van der Waals surface area (Å²) >= 11 is 0. The van der Waals surface area contributed by atoms with Gasteiger partial charge in [-0.05, 0) is 78.1 Å². The van der Waals surface area contributed by atoms with Crippen molar-refractivity contribution in [3.05, 3.63) is 72.4 Å². The molecule has 5 atom stereocenters. The molecular weight excluding hydrogens is 719 g/mol. The van der Waals surface area contributed by atoms with Crippen LogP contribution in [0.1, 0.15) is 90.5 Å². The Kier molecular flexibility index (Phi) is 10.6. The van der Waals surface area contributed by atoms with Crippen molar-refractivity contribution in [3.8, 4) is 22.4 Å². The van der Waals surface area contributed by atoms with Crippen LogP contribution >= 0.6 is 0 Å². The van der Waals surface area contributed by atoms with E-state index in [2.05, 4.69) is 77.7 Å².